The van der Waals surface area contributed by atoms with Crippen LogP contribution in [-0.4, -0.2) is 70.3 Å². The van der Waals surface area contributed by atoms with Gasteiger partial charge in [-0.25, -0.2) is 14.6 Å². The molecule has 45 heavy (non-hydrogen) atoms. The monoisotopic (exact) mass is 683 g/mol. The van der Waals surface area contributed by atoms with E-state index in [2.05, 4.69) is 67.7 Å². The summed E-state index contributed by atoms with van der Waals surface area (Å²) in [5.74, 6) is 0.799. The van der Waals surface area contributed by atoms with Crippen molar-refractivity contribution in [2.75, 3.05) is 23.0 Å². The van der Waals surface area contributed by atoms with Gasteiger partial charge in [0.25, 0.3) is 0 Å². The quantitative estimate of drug-likeness (QED) is 0.276. The van der Waals surface area contributed by atoms with Gasteiger partial charge in [0.2, 0.25) is 0 Å². The van der Waals surface area contributed by atoms with Crippen molar-refractivity contribution in [3.63, 3.8) is 0 Å². The van der Waals surface area contributed by atoms with Crippen LogP contribution >= 0.6 is 11.6 Å². The molecule has 3 heterocycles. The molecule has 0 radical (unpaired) electrons. The van der Waals surface area contributed by atoms with Crippen molar-refractivity contribution < 1.29 is 27.9 Å². The zero-order chi connectivity index (χ0) is 34.7. The van der Waals surface area contributed by atoms with Gasteiger partial charge in [0, 0.05) is 24.0 Å². The van der Waals surface area contributed by atoms with Gasteiger partial charge >= 0.3 is 12.2 Å². The Balaban J connectivity index is 2.09. The first-order valence-electron chi connectivity index (χ1n) is 16.1. The van der Waals surface area contributed by atoms with Gasteiger partial charge in [-0.1, -0.05) is 53.1 Å². The van der Waals surface area contributed by atoms with Crippen LogP contribution in [0.5, 0.6) is 0 Å². The zero-order valence-electron chi connectivity index (χ0n) is 30.7. The Morgan fingerprint density at radius 1 is 0.689 bits per heavy atom. The normalized spacial score (nSPS) is 19.5. The van der Waals surface area contributed by atoms with E-state index in [1.165, 1.54) is 0 Å². The van der Waals surface area contributed by atoms with Crippen molar-refractivity contribution in [2.45, 2.75) is 155 Å². The van der Waals surface area contributed by atoms with Gasteiger partial charge in [-0.3, -0.25) is 9.80 Å². The maximum atomic E-state index is 13.8. The second-order valence-corrected chi connectivity index (χ2v) is 27.6. The average Bonchev–Trinajstić information content (AvgIpc) is 3.37. The number of amides is 2. The molecule has 0 unspecified atom stereocenters. The summed E-state index contributed by atoms with van der Waals surface area (Å²) in [5.41, 5.74) is 0.0836. The number of anilines is 2. The first-order chi connectivity index (χ1) is 20.1. The third kappa shape index (κ3) is 8.44. The molecule has 0 saturated carbocycles. The van der Waals surface area contributed by atoms with Crippen molar-refractivity contribution in [3.05, 3.63) is 16.1 Å². The molecule has 2 amide bonds. The van der Waals surface area contributed by atoms with Crippen molar-refractivity contribution in [3.8, 4) is 0 Å². The molecular weight excluding hydrogens is 626 g/mol. The summed E-state index contributed by atoms with van der Waals surface area (Å²) < 4.78 is 25.0. The number of halogens is 1. The van der Waals surface area contributed by atoms with Gasteiger partial charge in [-0.15, -0.1) is 0 Å². The van der Waals surface area contributed by atoms with Crippen LogP contribution in [-0.2, 0) is 31.2 Å². The first-order valence-corrected chi connectivity index (χ1v) is 22.3. The standard InChI is InChI=1S/C33H58ClN3O6Si2/c1-30(2,3)42-28(38)36-21(19-40-44(13,14)32(7,8)9)17-23-25(34)24-18-22(20-41-45(15,16)33(10,11)12)37(27(24)35-26(23)36)29(39)43-31(4,5)6/h21-22H,17-20H2,1-16H3/t21-,22-/m1/s1. The Labute approximate surface area is 278 Å². The lowest BCUT2D eigenvalue weighted by Crippen LogP contribution is -2.49. The molecule has 0 aliphatic carbocycles. The molecule has 0 aromatic carbocycles. The largest absolute Gasteiger partial charge is 0.443 e. The number of aromatic nitrogens is 1. The van der Waals surface area contributed by atoms with E-state index in [4.69, 9.17) is 34.9 Å². The smallest absolute Gasteiger partial charge is 0.416 e. The Kier molecular flexibility index (Phi) is 10.4. The molecule has 0 N–H and O–H groups in total. The summed E-state index contributed by atoms with van der Waals surface area (Å²) in [7, 11) is -4.25. The summed E-state index contributed by atoms with van der Waals surface area (Å²) >= 11 is 7.20. The van der Waals surface area contributed by atoms with E-state index in [1.54, 1.807) is 9.80 Å². The molecule has 256 valence electrons. The van der Waals surface area contributed by atoms with E-state index < -0.39 is 40.0 Å². The highest BCUT2D eigenvalue weighted by atomic mass is 35.5. The molecule has 2 aliphatic rings. The van der Waals surface area contributed by atoms with Gasteiger partial charge in [-0.05, 0) is 77.8 Å². The van der Waals surface area contributed by atoms with Crippen molar-refractivity contribution in [2.24, 2.45) is 0 Å². The minimum absolute atomic E-state index is 0.00167. The predicted molar refractivity (Wildman–Crippen MR) is 188 cm³/mol. The SMILES string of the molecule is CC(C)(C)OC(=O)N1c2nc3c(c(Cl)c2C[C@@H]1CO[Si](C)(C)C(C)(C)C)C[C@H](CO[Si](C)(C)C(C)(C)C)N3C(=O)OC(C)(C)C. The Bertz CT molecular complexity index is 1200. The lowest BCUT2D eigenvalue weighted by Gasteiger charge is -2.38. The molecule has 0 saturated heterocycles. The zero-order valence-corrected chi connectivity index (χ0v) is 33.4. The van der Waals surface area contributed by atoms with Gasteiger partial charge < -0.3 is 18.3 Å². The molecule has 2 atom stereocenters. The highest BCUT2D eigenvalue weighted by molar-refractivity contribution is 6.74. The summed E-state index contributed by atoms with van der Waals surface area (Å²) in [6.45, 7) is 33.6. The van der Waals surface area contributed by atoms with E-state index in [1.807, 2.05) is 41.5 Å². The summed E-state index contributed by atoms with van der Waals surface area (Å²) in [6, 6.07) is -0.714. The van der Waals surface area contributed by atoms with Crippen LogP contribution in [0.1, 0.15) is 94.2 Å². The third-order valence-corrected chi connectivity index (χ3v) is 18.9. The Morgan fingerprint density at radius 2 is 1.00 bits per heavy atom. The van der Waals surface area contributed by atoms with Crippen LogP contribution in [0.2, 0.25) is 41.3 Å². The van der Waals surface area contributed by atoms with Crippen molar-refractivity contribution >= 4 is 52.1 Å². The number of rotatable bonds is 6. The molecule has 3 rings (SSSR count). The second-order valence-electron chi connectivity index (χ2n) is 17.6. The van der Waals surface area contributed by atoms with Gasteiger partial charge in [0.1, 0.15) is 22.8 Å². The number of nitrogens with zero attached hydrogens (tertiary/aromatic N) is 3. The van der Waals surface area contributed by atoms with E-state index in [0.717, 1.165) is 11.1 Å². The second kappa shape index (κ2) is 12.4. The maximum absolute atomic E-state index is 13.8. The molecule has 0 fully saturated rings. The number of pyridine rings is 1. The Morgan fingerprint density at radius 3 is 1.27 bits per heavy atom. The minimum Gasteiger partial charge on any atom is -0.443 e. The van der Waals surface area contributed by atoms with Gasteiger partial charge in [0.15, 0.2) is 16.6 Å². The predicted octanol–water partition coefficient (Wildman–Crippen LogP) is 9.11. The average molecular weight is 684 g/mol. The lowest BCUT2D eigenvalue weighted by molar-refractivity contribution is 0.0550. The van der Waals surface area contributed by atoms with Crippen LogP contribution in [0, 0.1) is 0 Å². The fraction of sp³-hybridized carbons (Fsp3) is 0.788. The number of carbonyl (C=O) groups excluding carboxylic acids is 2. The number of carbonyl (C=O) groups is 2. The highest BCUT2D eigenvalue weighted by Gasteiger charge is 2.48. The van der Waals surface area contributed by atoms with Gasteiger partial charge in [0.05, 0.1) is 30.3 Å². The Hall–Kier alpha value is -1.67. The number of fused-ring (bicyclic) bond motifs is 2. The number of hydrogen-bond donors (Lipinski definition) is 0. The van der Waals surface area contributed by atoms with E-state index >= 15 is 0 Å². The van der Waals surface area contributed by atoms with Crippen LogP contribution in [0.25, 0.3) is 0 Å². The molecular formula is C33H58ClN3O6Si2. The minimum atomic E-state index is -2.13. The number of hydrogen-bond acceptors (Lipinski definition) is 7. The fourth-order valence-electron chi connectivity index (χ4n) is 4.78. The van der Waals surface area contributed by atoms with Crippen molar-refractivity contribution in [1.82, 2.24) is 4.98 Å². The molecule has 9 nitrogen and oxygen atoms in total. The molecule has 0 spiro atoms. The maximum Gasteiger partial charge on any atom is 0.416 e. The summed E-state index contributed by atoms with van der Waals surface area (Å²) in [5, 5.41) is 0.519. The highest BCUT2D eigenvalue weighted by Crippen LogP contribution is 2.47. The molecule has 1 aromatic rings. The topological polar surface area (TPSA) is 90.4 Å². The molecule has 0 bridgehead atoms. The van der Waals surface area contributed by atoms with Crippen LogP contribution in [0.3, 0.4) is 0 Å². The van der Waals surface area contributed by atoms with Crippen molar-refractivity contribution in [1.29, 1.82) is 0 Å². The van der Waals surface area contributed by atoms with Gasteiger partial charge in [-0.2, -0.15) is 0 Å². The first kappa shape index (κ1) is 37.8. The van der Waals surface area contributed by atoms with E-state index in [0.29, 0.717) is 42.7 Å². The van der Waals surface area contributed by atoms with Crippen LogP contribution in [0.15, 0.2) is 0 Å². The number of ether oxygens (including phenoxy) is 2. The van der Waals surface area contributed by atoms with Crippen LogP contribution < -0.4 is 9.80 Å². The van der Waals surface area contributed by atoms with E-state index in [9.17, 15) is 9.59 Å². The molecule has 2 aliphatic heterocycles. The lowest BCUT2D eigenvalue weighted by atomic mass is 10.1. The van der Waals surface area contributed by atoms with E-state index in [-0.39, 0.29) is 22.2 Å². The fourth-order valence-corrected chi connectivity index (χ4v) is 7.18. The summed E-state index contributed by atoms with van der Waals surface area (Å²) in [6.07, 6.45) is -0.0961. The molecule has 1 aromatic heterocycles. The third-order valence-electron chi connectivity index (χ3n) is 9.41. The van der Waals surface area contributed by atoms with Crippen LogP contribution in [0.4, 0.5) is 21.2 Å². The summed E-state index contributed by atoms with van der Waals surface area (Å²) in [4.78, 5) is 35.8. The molecule has 12 heteroatoms.